The number of hydrogen-bond acceptors (Lipinski definition) is 6. The molecule has 0 atom stereocenters. The third-order valence-corrected chi connectivity index (χ3v) is 6.83. The molecule has 168 valence electrons. The number of rotatable bonds is 5. The van der Waals surface area contributed by atoms with Crippen molar-refractivity contribution in [3.05, 3.63) is 52.6 Å². The van der Waals surface area contributed by atoms with E-state index >= 15 is 0 Å². The van der Waals surface area contributed by atoms with Gasteiger partial charge in [0.1, 0.15) is 5.75 Å². The fourth-order valence-corrected chi connectivity index (χ4v) is 4.67. The summed E-state index contributed by atoms with van der Waals surface area (Å²) in [4.78, 5) is 33.9. The molecule has 1 aliphatic rings. The van der Waals surface area contributed by atoms with Gasteiger partial charge in [-0.1, -0.05) is 23.5 Å². The van der Waals surface area contributed by atoms with Gasteiger partial charge in [0, 0.05) is 31.7 Å². The summed E-state index contributed by atoms with van der Waals surface area (Å²) in [5.41, 5.74) is 4.57. The molecule has 32 heavy (non-hydrogen) atoms. The number of nitrogens with zero attached hydrogens (tertiary/aromatic N) is 3. The van der Waals surface area contributed by atoms with E-state index < -0.39 is 0 Å². The average molecular weight is 453 g/mol. The summed E-state index contributed by atoms with van der Waals surface area (Å²) in [6, 6.07) is 9.53. The molecule has 1 aromatic heterocycles. The number of aromatic nitrogens is 1. The number of hydrogen-bond donors (Lipinski definition) is 1. The summed E-state index contributed by atoms with van der Waals surface area (Å²) in [5.74, 6) is 0.519. The van der Waals surface area contributed by atoms with E-state index in [4.69, 9.17) is 4.74 Å². The summed E-state index contributed by atoms with van der Waals surface area (Å²) in [5, 5.41) is 3.31. The highest BCUT2D eigenvalue weighted by atomic mass is 32.1. The first-order valence-corrected chi connectivity index (χ1v) is 11.5. The molecule has 2 aromatic carbocycles. The second-order valence-corrected chi connectivity index (χ2v) is 9.32. The van der Waals surface area contributed by atoms with Crippen LogP contribution in [-0.2, 0) is 4.79 Å². The van der Waals surface area contributed by atoms with Crippen molar-refractivity contribution < 1.29 is 14.3 Å². The molecule has 4 rings (SSSR count). The van der Waals surface area contributed by atoms with E-state index in [1.54, 1.807) is 6.07 Å². The SMILES string of the molecule is Cc1ccc(C)c(OCC(=O)Nc2nc3ccc(C(=O)N4CCN(C)CC4)cc3s2)c1C. The molecule has 0 bridgehead atoms. The molecule has 0 unspecified atom stereocenters. The van der Waals surface area contributed by atoms with Crippen molar-refractivity contribution in [1.82, 2.24) is 14.8 Å². The number of benzene rings is 2. The largest absolute Gasteiger partial charge is 0.483 e. The third kappa shape index (κ3) is 4.76. The quantitative estimate of drug-likeness (QED) is 0.640. The number of carbonyl (C=O) groups is 2. The Hall–Kier alpha value is -2.97. The summed E-state index contributed by atoms with van der Waals surface area (Å²) in [6.45, 7) is 9.12. The van der Waals surface area contributed by atoms with E-state index in [0.29, 0.717) is 10.7 Å². The molecule has 0 spiro atoms. The smallest absolute Gasteiger partial charge is 0.264 e. The minimum Gasteiger partial charge on any atom is -0.483 e. The van der Waals surface area contributed by atoms with Gasteiger partial charge in [-0.25, -0.2) is 4.98 Å². The Kier molecular flexibility index (Phi) is 6.43. The lowest BCUT2D eigenvalue weighted by molar-refractivity contribution is -0.118. The fraction of sp³-hybridized carbons (Fsp3) is 0.375. The molecule has 1 N–H and O–H groups in total. The van der Waals surface area contributed by atoms with Crippen molar-refractivity contribution in [2.45, 2.75) is 20.8 Å². The van der Waals surface area contributed by atoms with Crippen molar-refractivity contribution in [2.75, 3.05) is 45.2 Å². The number of nitrogens with one attached hydrogen (secondary N) is 1. The number of fused-ring (bicyclic) bond motifs is 1. The van der Waals surface area contributed by atoms with E-state index in [9.17, 15) is 9.59 Å². The van der Waals surface area contributed by atoms with E-state index in [1.807, 2.05) is 49.9 Å². The first-order valence-electron chi connectivity index (χ1n) is 10.7. The number of carbonyl (C=O) groups excluding carboxylic acids is 2. The zero-order valence-corrected chi connectivity index (χ0v) is 19.7. The molecule has 7 nitrogen and oxygen atoms in total. The molecule has 0 saturated carbocycles. The fourth-order valence-electron chi connectivity index (χ4n) is 3.74. The maximum Gasteiger partial charge on any atom is 0.264 e. The predicted molar refractivity (Wildman–Crippen MR) is 128 cm³/mol. The van der Waals surface area contributed by atoms with E-state index in [1.165, 1.54) is 11.3 Å². The molecule has 1 aliphatic heterocycles. The Balaban J connectivity index is 1.41. The lowest BCUT2D eigenvalue weighted by atomic mass is 10.1. The molecule has 2 heterocycles. The summed E-state index contributed by atoms with van der Waals surface area (Å²) in [7, 11) is 2.06. The Morgan fingerprint density at radius 3 is 2.53 bits per heavy atom. The van der Waals surface area contributed by atoms with Crippen LogP contribution in [0.2, 0.25) is 0 Å². The van der Waals surface area contributed by atoms with Gasteiger partial charge >= 0.3 is 0 Å². The number of anilines is 1. The minimum atomic E-state index is -0.266. The predicted octanol–water partition coefficient (Wildman–Crippen LogP) is 3.63. The van der Waals surface area contributed by atoms with Crippen LogP contribution in [0, 0.1) is 20.8 Å². The van der Waals surface area contributed by atoms with Crippen molar-refractivity contribution in [3.63, 3.8) is 0 Å². The number of ether oxygens (including phenoxy) is 1. The number of thiazole rings is 1. The van der Waals surface area contributed by atoms with E-state index in [2.05, 4.69) is 22.2 Å². The minimum absolute atomic E-state index is 0.0382. The van der Waals surface area contributed by atoms with Crippen LogP contribution in [0.5, 0.6) is 5.75 Å². The standard InChI is InChI=1S/C24H28N4O3S/c1-15-5-6-16(2)22(17(15)3)31-14-21(29)26-24-25-19-8-7-18(13-20(19)32-24)23(30)28-11-9-27(4)10-12-28/h5-8,13H,9-12,14H2,1-4H3,(H,25,26,29). The Morgan fingerprint density at radius 2 is 1.78 bits per heavy atom. The second-order valence-electron chi connectivity index (χ2n) is 8.29. The van der Waals surface area contributed by atoms with Crippen LogP contribution >= 0.6 is 11.3 Å². The van der Waals surface area contributed by atoms with Crippen LogP contribution in [0.3, 0.4) is 0 Å². The summed E-state index contributed by atoms with van der Waals surface area (Å²) < 4.78 is 6.66. The average Bonchev–Trinajstić information content (AvgIpc) is 3.17. The maximum absolute atomic E-state index is 12.8. The van der Waals surface area contributed by atoms with Crippen LogP contribution in [0.25, 0.3) is 10.2 Å². The maximum atomic E-state index is 12.8. The zero-order valence-electron chi connectivity index (χ0n) is 18.9. The lowest BCUT2D eigenvalue weighted by Gasteiger charge is -2.32. The van der Waals surface area contributed by atoms with E-state index in [-0.39, 0.29) is 18.4 Å². The molecular formula is C24H28N4O3S. The highest BCUT2D eigenvalue weighted by molar-refractivity contribution is 7.22. The van der Waals surface area contributed by atoms with Gasteiger partial charge in [-0.05, 0) is 62.7 Å². The second kappa shape index (κ2) is 9.26. The molecule has 3 aromatic rings. The van der Waals surface area contributed by atoms with Gasteiger partial charge in [-0.3, -0.25) is 14.9 Å². The summed E-state index contributed by atoms with van der Waals surface area (Å²) in [6.07, 6.45) is 0. The normalized spacial score (nSPS) is 14.6. The van der Waals surface area contributed by atoms with Gasteiger partial charge in [0.25, 0.3) is 11.8 Å². The van der Waals surface area contributed by atoms with Crippen molar-refractivity contribution in [3.8, 4) is 5.75 Å². The highest BCUT2D eigenvalue weighted by Crippen LogP contribution is 2.28. The van der Waals surface area contributed by atoms with Gasteiger partial charge < -0.3 is 14.5 Å². The zero-order chi connectivity index (χ0) is 22.8. The van der Waals surface area contributed by atoms with Crippen LogP contribution in [0.1, 0.15) is 27.0 Å². The van der Waals surface area contributed by atoms with Gasteiger partial charge in [-0.15, -0.1) is 0 Å². The van der Waals surface area contributed by atoms with Crippen molar-refractivity contribution in [1.29, 1.82) is 0 Å². The van der Waals surface area contributed by atoms with Gasteiger partial charge in [-0.2, -0.15) is 0 Å². The highest BCUT2D eigenvalue weighted by Gasteiger charge is 2.21. The number of likely N-dealkylation sites (N-methyl/N-ethyl adjacent to an activating group) is 1. The number of piperazine rings is 1. The molecular weight excluding hydrogens is 424 g/mol. The Bertz CT molecular complexity index is 1170. The first-order chi connectivity index (χ1) is 15.3. The Labute approximate surface area is 192 Å². The molecule has 0 radical (unpaired) electrons. The van der Waals surface area contributed by atoms with Gasteiger partial charge in [0.15, 0.2) is 11.7 Å². The van der Waals surface area contributed by atoms with Crippen LogP contribution in [-0.4, -0.2) is 66.4 Å². The van der Waals surface area contributed by atoms with E-state index in [0.717, 1.165) is 58.8 Å². The molecule has 1 fully saturated rings. The Morgan fingerprint density at radius 1 is 1.06 bits per heavy atom. The first kappa shape index (κ1) is 22.2. The summed E-state index contributed by atoms with van der Waals surface area (Å²) >= 11 is 1.36. The number of amides is 2. The third-order valence-electron chi connectivity index (χ3n) is 5.89. The number of aryl methyl sites for hydroxylation is 2. The molecule has 1 saturated heterocycles. The molecule has 8 heteroatoms. The van der Waals surface area contributed by atoms with Gasteiger partial charge in [0.05, 0.1) is 10.2 Å². The monoisotopic (exact) mass is 452 g/mol. The van der Waals surface area contributed by atoms with Crippen molar-refractivity contribution >= 4 is 38.5 Å². The van der Waals surface area contributed by atoms with Crippen molar-refractivity contribution in [2.24, 2.45) is 0 Å². The van der Waals surface area contributed by atoms with Gasteiger partial charge in [0.2, 0.25) is 0 Å². The van der Waals surface area contributed by atoms with Crippen LogP contribution in [0.4, 0.5) is 5.13 Å². The lowest BCUT2D eigenvalue weighted by Crippen LogP contribution is -2.47. The molecule has 2 amide bonds. The van der Waals surface area contributed by atoms with Crippen LogP contribution < -0.4 is 10.1 Å². The molecule has 0 aliphatic carbocycles. The van der Waals surface area contributed by atoms with Crippen LogP contribution in [0.15, 0.2) is 30.3 Å². The topological polar surface area (TPSA) is 74.8 Å².